The van der Waals surface area contributed by atoms with Crippen molar-refractivity contribution in [1.82, 2.24) is 24.8 Å². The minimum atomic E-state index is -0.361. The Labute approximate surface area is 199 Å². The molecular weight excluding hydrogens is 435 g/mol. The van der Waals surface area contributed by atoms with Gasteiger partial charge in [-0.3, -0.25) is 14.9 Å². The van der Waals surface area contributed by atoms with Crippen molar-refractivity contribution >= 4 is 11.9 Å². The molecule has 8 nitrogen and oxygen atoms in total. The average Bonchev–Trinajstić information content (AvgIpc) is 3.37. The molecule has 2 bridgehead atoms. The summed E-state index contributed by atoms with van der Waals surface area (Å²) in [6.07, 6.45) is 12.0. The van der Waals surface area contributed by atoms with Gasteiger partial charge in [0.1, 0.15) is 11.6 Å². The molecule has 1 amide bonds. The van der Waals surface area contributed by atoms with Crippen molar-refractivity contribution in [2.75, 3.05) is 37.7 Å². The summed E-state index contributed by atoms with van der Waals surface area (Å²) in [5.74, 6) is 0.435. The van der Waals surface area contributed by atoms with Gasteiger partial charge in [-0.2, -0.15) is 0 Å². The molecule has 34 heavy (non-hydrogen) atoms. The number of fused-ring (bicyclic) bond motifs is 2. The van der Waals surface area contributed by atoms with Crippen LogP contribution in [-0.2, 0) is 4.74 Å². The van der Waals surface area contributed by atoms with Crippen LogP contribution < -0.4 is 4.90 Å². The Morgan fingerprint density at radius 3 is 2.62 bits per heavy atom. The van der Waals surface area contributed by atoms with Crippen molar-refractivity contribution in [2.45, 2.75) is 57.2 Å². The van der Waals surface area contributed by atoms with E-state index in [1.54, 1.807) is 18.6 Å². The van der Waals surface area contributed by atoms with E-state index in [9.17, 15) is 9.18 Å². The molecule has 5 heterocycles. The molecule has 1 aliphatic carbocycles. The van der Waals surface area contributed by atoms with Crippen LogP contribution in [0.2, 0.25) is 0 Å². The van der Waals surface area contributed by atoms with Crippen LogP contribution >= 0.6 is 0 Å². The lowest BCUT2D eigenvalue weighted by Gasteiger charge is -2.49. The molecule has 0 aromatic carbocycles. The SMILES string of the molecule is CCOC(=O)N1CC2(CC[C@@H](N3[C@@H]4CC[C@H]3CN(c3ncc(F)cc3-c3cnccn3)C4)C2)C1. The second-order valence-electron chi connectivity index (χ2n) is 10.3. The number of piperazine rings is 1. The summed E-state index contributed by atoms with van der Waals surface area (Å²) in [7, 11) is 0. The third-order valence-corrected chi connectivity index (χ3v) is 8.19. The Kier molecular flexibility index (Phi) is 5.39. The number of amides is 1. The van der Waals surface area contributed by atoms with E-state index >= 15 is 0 Å². The fraction of sp³-hybridized carbons (Fsp3) is 0.600. The molecule has 4 aliphatic rings. The predicted octanol–water partition coefficient (Wildman–Crippen LogP) is 3.34. The monoisotopic (exact) mass is 466 g/mol. The van der Waals surface area contributed by atoms with Gasteiger partial charge in [0.2, 0.25) is 0 Å². The fourth-order valence-corrected chi connectivity index (χ4v) is 6.84. The number of carbonyl (C=O) groups excluding carboxylic acids is 1. The van der Waals surface area contributed by atoms with E-state index in [4.69, 9.17) is 4.74 Å². The summed E-state index contributed by atoms with van der Waals surface area (Å²) in [6.45, 7) is 5.73. The third-order valence-electron chi connectivity index (χ3n) is 8.19. The van der Waals surface area contributed by atoms with E-state index in [0.29, 0.717) is 36.0 Å². The van der Waals surface area contributed by atoms with Gasteiger partial charge in [-0.05, 0) is 45.1 Å². The van der Waals surface area contributed by atoms with Gasteiger partial charge in [0.25, 0.3) is 0 Å². The smallest absolute Gasteiger partial charge is 0.409 e. The maximum atomic E-state index is 14.1. The van der Waals surface area contributed by atoms with Crippen molar-refractivity contribution in [2.24, 2.45) is 5.41 Å². The van der Waals surface area contributed by atoms with E-state index in [-0.39, 0.29) is 17.3 Å². The minimum Gasteiger partial charge on any atom is -0.450 e. The Morgan fingerprint density at radius 2 is 1.91 bits per heavy atom. The van der Waals surface area contributed by atoms with Gasteiger partial charge in [0.15, 0.2) is 0 Å². The van der Waals surface area contributed by atoms with Crippen molar-refractivity contribution in [3.8, 4) is 11.3 Å². The highest BCUT2D eigenvalue weighted by Gasteiger charge is 2.54. The Hall–Kier alpha value is -2.81. The molecule has 0 unspecified atom stereocenters. The molecule has 6 rings (SSSR count). The van der Waals surface area contributed by atoms with Gasteiger partial charge >= 0.3 is 6.09 Å². The van der Waals surface area contributed by atoms with Crippen LogP contribution in [-0.4, -0.2) is 81.8 Å². The number of rotatable bonds is 4. The van der Waals surface area contributed by atoms with E-state index in [0.717, 1.165) is 38.4 Å². The van der Waals surface area contributed by atoms with E-state index in [1.807, 2.05) is 11.8 Å². The second kappa shape index (κ2) is 8.45. The number of pyridine rings is 1. The summed E-state index contributed by atoms with van der Waals surface area (Å²) in [4.78, 5) is 32.0. The number of nitrogens with zero attached hydrogens (tertiary/aromatic N) is 6. The zero-order valence-electron chi connectivity index (χ0n) is 19.6. The number of halogens is 1. The van der Waals surface area contributed by atoms with Crippen LogP contribution in [0, 0.1) is 11.2 Å². The molecule has 2 aromatic rings. The molecular formula is C25H31FN6O2. The van der Waals surface area contributed by atoms with Crippen LogP contribution in [0.25, 0.3) is 11.3 Å². The van der Waals surface area contributed by atoms with Gasteiger partial charge in [0.05, 0.1) is 24.7 Å². The minimum absolute atomic E-state index is 0.170. The molecule has 4 fully saturated rings. The zero-order valence-corrected chi connectivity index (χ0v) is 19.6. The highest BCUT2D eigenvalue weighted by molar-refractivity contribution is 5.73. The van der Waals surface area contributed by atoms with Crippen molar-refractivity contribution in [1.29, 1.82) is 0 Å². The number of likely N-dealkylation sites (tertiary alicyclic amines) is 1. The molecule has 3 aliphatic heterocycles. The van der Waals surface area contributed by atoms with Gasteiger partial charge in [-0.15, -0.1) is 0 Å². The highest BCUT2D eigenvalue weighted by atomic mass is 19.1. The van der Waals surface area contributed by atoms with Crippen LogP contribution in [0.1, 0.15) is 39.0 Å². The molecule has 3 atom stereocenters. The molecule has 2 aromatic heterocycles. The number of hydrogen-bond donors (Lipinski definition) is 0. The second-order valence-corrected chi connectivity index (χ2v) is 10.3. The van der Waals surface area contributed by atoms with Gasteiger partial charge < -0.3 is 14.5 Å². The largest absolute Gasteiger partial charge is 0.450 e. The standard InChI is InChI=1S/C25H31FN6O2/c1-2-34-24(33)31-15-25(16-31)6-5-18(10-25)32-19-3-4-20(32)14-30(13-19)23-21(9-17(26)11-29-23)22-12-27-7-8-28-22/h7-9,11-12,18-20H,2-6,10,13-16H2,1H3/t18-,19-,20+/m1/s1. The first-order chi connectivity index (χ1) is 16.5. The highest BCUT2D eigenvalue weighted by Crippen LogP contribution is 2.50. The van der Waals surface area contributed by atoms with Crippen molar-refractivity contribution in [3.05, 3.63) is 36.7 Å². The molecule has 1 spiro atoms. The maximum absolute atomic E-state index is 14.1. The molecule has 0 N–H and O–H groups in total. The van der Waals surface area contributed by atoms with E-state index < -0.39 is 0 Å². The summed E-state index contributed by atoms with van der Waals surface area (Å²) in [5, 5.41) is 0. The van der Waals surface area contributed by atoms with Gasteiger partial charge in [0, 0.05) is 67.7 Å². The van der Waals surface area contributed by atoms with Crippen LogP contribution in [0.3, 0.4) is 0 Å². The summed E-state index contributed by atoms with van der Waals surface area (Å²) in [6, 6.07) is 3.04. The quantitative estimate of drug-likeness (QED) is 0.684. The van der Waals surface area contributed by atoms with Gasteiger partial charge in [-0.1, -0.05) is 0 Å². The molecule has 0 radical (unpaired) electrons. The zero-order chi connectivity index (χ0) is 23.3. The lowest BCUT2D eigenvalue weighted by molar-refractivity contribution is -0.00566. The number of ether oxygens (including phenoxy) is 1. The van der Waals surface area contributed by atoms with Crippen molar-refractivity contribution < 1.29 is 13.9 Å². The van der Waals surface area contributed by atoms with Crippen LogP contribution in [0.5, 0.6) is 0 Å². The number of aromatic nitrogens is 3. The van der Waals surface area contributed by atoms with Crippen molar-refractivity contribution in [3.63, 3.8) is 0 Å². The first-order valence-corrected chi connectivity index (χ1v) is 12.4. The molecule has 180 valence electrons. The Bertz CT molecular complexity index is 1050. The third kappa shape index (κ3) is 3.70. The first kappa shape index (κ1) is 21.7. The first-order valence-electron chi connectivity index (χ1n) is 12.4. The van der Waals surface area contributed by atoms with Gasteiger partial charge in [-0.25, -0.2) is 14.2 Å². The lowest BCUT2D eigenvalue weighted by atomic mass is 9.78. The van der Waals surface area contributed by atoms with E-state index in [1.165, 1.54) is 37.9 Å². The predicted molar refractivity (Wildman–Crippen MR) is 125 cm³/mol. The maximum Gasteiger partial charge on any atom is 0.409 e. The average molecular weight is 467 g/mol. The van der Waals surface area contributed by atoms with Crippen LogP contribution in [0.15, 0.2) is 30.9 Å². The fourth-order valence-electron chi connectivity index (χ4n) is 6.84. The summed E-state index contributed by atoms with van der Waals surface area (Å²) >= 11 is 0. The normalized spacial score (nSPS) is 27.8. The number of anilines is 1. The number of hydrogen-bond acceptors (Lipinski definition) is 7. The van der Waals surface area contributed by atoms with E-state index in [2.05, 4.69) is 24.8 Å². The van der Waals surface area contributed by atoms with Crippen LogP contribution in [0.4, 0.5) is 15.0 Å². The molecule has 9 heteroatoms. The molecule has 1 saturated carbocycles. The molecule has 3 saturated heterocycles. The summed E-state index contributed by atoms with van der Waals surface area (Å²) in [5.41, 5.74) is 1.62. The lowest BCUT2D eigenvalue weighted by Crippen LogP contribution is -2.60. The number of carbonyl (C=O) groups is 1. The Morgan fingerprint density at radius 1 is 1.12 bits per heavy atom. The topological polar surface area (TPSA) is 74.7 Å². The Balaban J connectivity index is 1.16. The summed E-state index contributed by atoms with van der Waals surface area (Å²) < 4.78 is 19.3.